The first-order chi connectivity index (χ1) is 18.6. The quantitative estimate of drug-likeness (QED) is 0.282. The van der Waals surface area contributed by atoms with E-state index in [1.807, 2.05) is 32.0 Å². The molecule has 0 saturated heterocycles. The third-order valence-electron chi connectivity index (χ3n) is 7.79. The van der Waals surface area contributed by atoms with Crippen LogP contribution in [0.15, 0.2) is 36.4 Å². The van der Waals surface area contributed by atoms with Crippen LogP contribution in [0.4, 0.5) is 8.78 Å². The summed E-state index contributed by atoms with van der Waals surface area (Å²) in [5, 5.41) is 3.64. The summed E-state index contributed by atoms with van der Waals surface area (Å²) in [6.45, 7) is 20.0. The van der Waals surface area contributed by atoms with Gasteiger partial charge in [-0.2, -0.15) is 12.8 Å². The summed E-state index contributed by atoms with van der Waals surface area (Å²) in [6.07, 6.45) is 7.30. The molecule has 0 heterocycles. The Morgan fingerprint density at radius 2 is 1.71 bits per heavy atom. The maximum atomic E-state index is 13.9. The van der Waals surface area contributed by atoms with Crippen molar-refractivity contribution < 1.29 is 37.2 Å². The molecule has 41 heavy (non-hydrogen) atoms. The molecule has 1 aliphatic rings. The number of benzene rings is 2. The van der Waals surface area contributed by atoms with Crippen LogP contribution in [0, 0.1) is 42.7 Å². The molecule has 0 aliphatic heterocycles. The number of hydrogen-bond acceptors (Lipinski definition) is 2. The third-order valence-corrected chi connectivity index (χ3v) is 8.03. The number of nitrogens with one attached hydrogen (secondary N) is 1. The van der Waals surface area contributed by atoms with Gasteiger partial charge in [-0.05, 0) is 78.8 Å². The molecule has 222 valence electrons. The fourth-order valence-electron chi connectivity index (χ4n) is 5.68. The minimum absolute atomic E-state index is 0. The molecule has 7 heteroatoms. The molecule has 0 bridgehead atoms. The molecular weight excluding hydrogens is 535 g/mol. The second kappa shape index (κ2) is 16.2. The Hall–Kier alpha value is -1.67. The van der Waals surface area contributed by atoms with Gasteiger partial charge >= 0.3 is 18.9 Å². The molecule has 3 rings (SSSR count). The number of amides is 1. The van der Waals surface area contributed by atoms with Crippen molar-refractivity contribution in [2.45, 2.75) is 97.4 Å². The Morgan fingerprint density at radius 1 is 1.07 bits per heavy atom. The van der Waals surface area contributed by atoms with Gasteiger partial charge in [-0.3, -0.25) is 11.1 Å². The van der Waals surface area contributed by atoms with Crippen LogP contribution in [0.25, 0.3) is 0 Å². The summed E-state index contributed by atoms with van der Waals surface area (Å²) in [6, 6.07) is 9.46. The number of carbonyl (C=O) groups is 1. The zero-order chi connectivity index (χ0) is 30.3. The van der Waals surface area contributed by atoms with Crippen molar-refractivity contribution in [3.8, 4) is 0 Å². The molecule has 3 atom stereocenters. The van der Waals surface area contributed by atoms with E-state index in [9.17, 15) is 18.4 Å². The van der Waals surface area contributed by atoms with Crippen molar-refractivity contribution in [1.29, 1.82) is 0 Å². The average Bonchev–Trinajstić information content (AvgIpc) is 3.26. The topological polar surface area (TPSA) is 46.2 Å². The van der Waals surface area contributed by atoms with Crippen LogP contribution in [0.3, 0.4) is 0 Å². The molecular formula is C34H45ClF2LiNO2-2. The van der Waals surface area contributed by atoms with E-state index in [1.165, 1.54) is 19.1 Å². The summed E-state index contributed by atoms with van der Waals surface area (Å²) in [5.74, 6) is -0.910. The van der Waals surface area contributed by atoms with Crippen LogP contribution in [0.5, 0.6) is 0 Å². The fraction of sp³-hybridized carbons (Fsp3) is 0.529. The van der Waals surface area contributed by atoms with Crippen LogP contribution in [-0.2, 0) is 15.1 Å². The maximum absolute atomic E-state index is 13.9. The van der Waals surface area contributed by atoms with E-state index < -0.39 is 17.2 Å². The first kappa shape index (κ1) is 37.4. The summed E-state index contributed by atoms with van der Waals surface area (Å²) in [7, 11) is 0. The Kier molecular flexibility index (Phi) is 14.8. The van der Waals surface area contributed by atoms with Gasteiger partial charge in [-0.25, -0.2) is 8.78 Å². The normalized spacial score (nSPS) is 18.8. The SMILES string of the molecule is CC(C)(C)CCC1C[C@@H]([C-]=O)[C@H](c2ccc(F)cc2F)C1.[CH2-]CC(C[CH2-])c1ccc(Cl)cc1C(C)(C)NC(C)=O.[Li+]. The minimum atomic E-state index is -0.579. The van der Waals surface area contributed by atoms with Gasteiger partial charge in [0.15, 0.2) is 0 Å². The molecule has 1 saturated carbocycles. The van der Waals surface area contributed by atoms with E-state index in [0.29, 0.717) is 16.5 Å². The van der Waals surface area contributed by atoms with Crippen molar-refractivity contribution in [2.75, 3.05) is 0 Å². The Morgan fingerprint density at radius 3 is 2.22 bits per heavy atom. The zero-order valence-electron chi connectivity index (χ0n) is 25.9. The second-order valence-corrected chi connectivity index (χ2v) is 13.2. The molecule has 1 aliphatic carbocycles. The summed E-state index contributed by atoms with van der Waals surface area (Å²) < 4.78 is 27.0. The van der Waals surface area contributed by atoms with E-state index in [0.717, 1.165) is 55.7 Å². The second-order valence-electron chi connectivity index (χ2n) is 12.7. The van der Waals surface area contributed by atoms with Gasteiger partial charge in [0.05, 0.1) is 5.54 Å². The van der Waals surface area contributed by atoms with Gasteiger partial charge in [0, 0.05) is 18.0 Å². The van der Waals surface area contributed by atoms with Crippen molar-refractivity contribution in [2.24, 2.45) is 17.3 Å². The number of halogens is 3. The standard InChI is InChI=1S/C18H23F2O.C16H22ClNO.Li/c1-18(2,3)7-6-12-8-13(11-21)16(9-12)15-5-4-14(19)10-17(15)20;1-6-12(7-2)14-9-8-13(17)10-15(14)16(4,5)18-11(3)19;/h4-5,10,12-13,16H,6-9H2,1-3H3;8-10,12H,1-2,6-7H2,3-5H3,(H,18,19);/q-1;-2;+1/t12?,13-,16+;;/m0../s1. The molecule has 0 spiro atoms. The van der Waals surface area contributed by atoms with E-state index in [1.54, 1.807) is 0 Å². The van der Waals surface area contributed by atoms with E-state index in [4.69, 9.17) is 11.6 Å². The summed E-state index contributed by atoms with van der Waals surface area (Å²) in [5.41, 5.74) is 2.46. The van der Waals surface area contributed by atoms with Gasteiger partial charge in [-0.1, -0.05) is 63.3 Å². The van der Waals surface area contributed by atoms with Crippen LogP contribution < -0.4 is 24.2 Å². The molecule has 1 unspecified atom stereocenters. The first-order valence-corrected chi connectivity index (χ1v) is 14.5. The third kappa shape index (κ3) is 11.2. The van der Waals surface area contributed by atoms with Crippen LogP contribution in [0.1, 0.15) is 109 Å². The van der Waals surface area contributed by atoms with Gasteiger partial charge in [0.1, 0.15) is 11.6 Å². The van der Waals surface area contributed by atoms with Crippen LogP contribution in [-0.4, -0.2) is 12.2 Å². The molecule has 1 fully saturated rings. The van der Waals surface area contributed by atoms with Gasteiger partial charge in [0.25, 0.3) is 0 Å². The van der Waals surface area contributed by atoms with Gasteiger partial charge in [0.2, 0.25) is 5.91 Å². The van der Waals surface area contributed by atoms with Gasteiger partial charge in [-0.15, -0.1) is 5.92 Å². The van der Waals surface area contributed by atoms with Crippen LogP contribution >= 0.6 is 11.6 Å². The number of hydrogen-bond donors (Lipinski definition) is 1. The van der Waals surface area contributed by atoms with Crippen LogP contribution in [0.2, 0.25) is 5.02 Å². The molecule has 2 aromatic rings. The van der Waals surface area contributed by atoms with E-state index >= 15 is 0 Å². The molecule has 1 N–H and O–H groups in total. The molecule has 2 aromatic carbocycles. The smallest absolute Gasteiger partial charge is 0.541 e. The average molecular weight is 580 g/mol. The van der Waals surface area contributed by atoms with Crippen molar-refractivity contribution in [1.82, 2.24) is 5.32 Å². The zero-order valence-corrected chi connectivity index (χ0v) is 26.6. The van der Waals surface area contributed by atoms with Crippen molar-refractivity contribution >= 4 is 23.8 Å². The fourth-order valence-corrected chi connectivity index (χ4v) is 5.85. The predicted molar refractivity (Wildman–Crippen MR) is 161 cm³/mol. The monoisotopic (exact) mass is 579 g/mol. The first-order valence-electron chi connectivity index (χ1n) is 14.1. The maximum Gasteiger partial charge on any atom is 1.00 e. The summed E-state index contributed by atoms with van der Waals surface area (Å²) >= 11 is 6.11. The molecule has 3 nitrogen and oxygen atoms in total. The molecule has 0 aromatic heterocycles. The molecule has 1 amide bonds. The van der Waals surface area contributed by atoms with E-state index in [2.05, 4.69) is 46.2 Å². The van der Waals surface area contributed by atoms with Crippen molar-refractivity contribution in [3.05, 3.63) is 83.6 Å². The summed E-state index contributed by atoms with van der Waals surface area (Å²) in [4.78, 5) is 22.6. The van der Waals surface area contributed by atoms with E-state index in [-0.39, 0.29) is 47.9 Å². The van der Waals surface area contributed by atoms with Gasteiger partial charge < -0.3 is 24.0 Å². The van der Waals surface area contributed by atoms with Crippen molar-refractivity contribution in [3.63, 3.8) is 0 Å². The predicted octanol–water partition coefficient (Wildman–Crippen LogP) is 6.26. The number of rotatable bonds is 9. The molecule has 0 radical (unpaired) electrons. The Balaban J connectivity index is 0.000000403. The Labute approximate surface area is 263 Å². The largest absolute Gasteiger partial charge is 1.00 e. The Bertz CT molecular complexity index is 1140. The minimum Gasteiger partial charge on any atom is -0.541 e. The number of carbonyl (C=O) groups excluding carboxylic acids is 2.